The molecule has 3 atom stereocenters. The molecule has 7 rings (SSSR count). The van der Waals surface area contributed by atoms with Crippen LogP contribution in [-0.2, 0) is 30.4 Å². The van der Waals surface area contributed by atoms with E-state index in [0.717, 1.165) is 63.6 Å². The summed E-state index contributed by atoms with van der Waals surface area (Å²) in [7, 11) is 0. The topological polar surface area (TPSA) is 178 Å². The molecule has 4 heterocycles. The van der Waals surface area contributed by atoms with Crippen LogP contribution in [0.2, 0.25) is 5.02 Å². The minimum absolute atomic E-state index is 0.0118. The van der Waals surface area contributed by atoms with E-state index in [1.165, 1.54) is 10.6 Å². The average molecular weight is 968 g/mol. The Morgan fingerprint density at radius 2 is 1.68 bits per heavy atom. The molecular formula is C53H71ClN8O7. The Hall–Kier alpha value is -5.11. The molecule has 4 fully saturated rings. The van der Waals surface area contributed by atoms with E-state index in [-0.39, 0.29) is 65.6 Å². The van der Waals surface area contributed by atoms with Gasteiger partial charge in [-0.05, 0) is 72.9 Å². The fraction of sp³-hybridized carbons (Fsp3) is 0.585. The number of Topliss-reactive ketones (excluding diaryl/α,β-unsaturated/α-hetero) is 1. The van der Waals surface area contributed by atoms with Gasteiger partial charge in [0, 0.05) is 94.1 Å². The first-order valence-corrected chi connectivity index (χ1v) is 24.9. The summed E-state index contributed by atoms with van der Waals surface area (Å²) in [6, 6.07) is 18.3. The maximum absolute atomic E-state index is 14.2. The Morgan fingerprint density at radius 3 is 2.30 bits per heavy atom. The number of nitrogens with zero attached hydrogens (tertiary/aromatic N) is 5. The monoisotopic (exact) mass is 967 g/mol. The second-order valence-corrected chi connectivity index (χ2v) is 22.0. The lowest BCUT2D eigenvalue weighted by Crippen LogP contribution is -2.74. The Bertz CT molecular complexity index is 2320. The van der Waals surface area contributed by atoms with Gasteiger partial charge in [0.1, 0.15) is 36.4 Å². The second kappa shape index (κ2) is 21.9. The number of hydrogen-bond acceptors (Lipinski definition) is 12. The van der Waals surface area contributed by atoms with Crippen molar-refractivity contribution in [1.82, 2.24) is 31.0 Å². The van der Waals surface area contributed by atoms with E-state index in [9.17, 15) is 24.4 Å². The number of aromatic nitrogens is 1. The molecular weight excluding hydrogens is 896 g/mol. The zero-order valence-corrected chi connectivity index (χ0v) is 42.4. The number of hydrazine groups is 1. The van der Waals surface area contributed by atoms with E-state index in [0.29, 0.717) is 53.9 Å². The van der Waals surface area contributed by atoms with Crippen molar-refractivity contribution < 1.29 is 33.4 Å². The van der Waals surface area contributed by atoms with Crippen molar-refractivity contribution in [2.75, 3.05) is 64.1 Å². The van der Waals surface area contributed by atoms with Crippen molar-refractivity contribution in [3.05, 3.63) is 88.1 Å². The number of piperazine rings is 1. The van der Waals surface area contributed by atoms with Crippen LogP contribution in [0.1, 0.15) is 114 Å². The molecule has 3 aliphatic heterocycles. The van der Waals surface area contributed by atoms with Crippen LogP contribution in [0.5, 0.6) is 5.75 Å². The lowest BCUT2D eigenvalue weighted by atomic mass is 9.49. The number of halogens is 1. The van der Waals surface area contributed by atoms with E-state index in [1.54, 1.807) is 24.4 Å². The Kier molecular flexibility index (Phi) is 16.4. The maximum atomic E-state index is 14.2. The molecule has 372 valence electrons. The van der Waals surface area contributed by atoms with Crippen LogP contribution >= 0.6 is 11.6 Å². The van der Waals surface area contributed by atoms with Gasteiger partial charge in [-0.25, -0.2) is 10.4 Å². The normalized spacial score (nSPS) is 23.1. The number of carbonyl (C=O) groups is 4. The van der Waals surface area contributed by atoms with Crippen molar-refractivity contribution in [2.45, 2.75) is 118 Å². The summed E-state index contributed by atoms with van der Waals surface area (Å²) in [6.45, 7) is 22.0. The smallest absolute Gasteiger partial charge is 0.253 e. The zero-order chi connectivity index (χ0) is 49.7. The summed E-state index contributed by atoms with van der Waals surface area (Å²) in [4.78, 5) is 63.7. The summed E-state index contributed by atoms with van der Waals surface area (Å²) in [5, 5.41) is 17.3. The Balaban J connectivity index is 0.818. The summed E-state index contributed by atoms with van der Waals surface area (Å²) < 4.78 is 17.8. The molecule has 0 bridgehead atoms. The molecule has 0 spiro atoms. The molecule has 1 aromatic heterocycles. The van der Waals surface area contributed by atoms with Gasteiger partial charge in [-0.2, -0.15) is 5.26 Å². The molecule has 69 heavy (non-hydrogen) atoms. The molecule has 0 unspecified atom stereocenters. The van der Waals surface area contributed by atoms with Gasteiger partial charge in [0.25, 0.3) is 5.91 Å². The van der Waals surface area contributed by atoms with E-state index in [1.807, 2.05) is 39.8 Å². The standard InChI is InChI=1S/C53H71ClN8O7/c1-34-27-44(47(65)57-31-35-9-11-36(12-10-35)37-17-24-67-25-18-37)62(59-34)48(66)42(51(2,3)4)28-40(63)33-68-26-23-60-19-21-61(22-20-60)45-16-14-39(32-56-45)46(64)58-49-52(5,6)50(53(49,7)8)69-41-15-13-38(30-55)43(54)29-41/h9-16,29,32,34,37,42,44,49-50,59H,17-28,31,33H2,1-8H3,(H,57,65)(H,58,64)/t34-,42-,44+,49?,50?/m1/s1. The number of nitriles is 1. The second-order valence-electron chi connectivity index (χ2n) is 21.6. The Labute approximate surface area is 412 Å². The van der Waals surface area contributed by atoms with Crippen molar-refractivity contribution >= 4 is 40.9 Å². The van der Waals surface area contributed by atoms with Crippen LogP contribution in [0.4, 0.5) is 5.82 Å². The van der Waals surface area contributed by atoms with Gasteiger partial charge in [-0.15, -0.1) is 0 Å². The third-order valence-corrected chi connectivity index (χ3v) is 15.0. The van der Waals surface area contributed by atoms with Crippen LogP contribution < -0.4 is 25.7 Å². The fourth-order valence-electron chi connectivity index (χ4n) is 10.8. The van der Waals surface area contributed by atoms with Crippen molar-refractivity contribution in [1.29, 1.82) is 5.26 Å². The number of hydrogen-bond donors (Lipinski definition) is 3. The van der Waals surface area contributed by atoms with E-state index in [4.69, 9.17) is 25.8 Å². The molecule has 1 aliphatic carbocycles. The zero-order valence-electron chi connectivity index (χ0n) is 41.6. The molecule has 0 radical (unpaired) electrons. The molecule has 3 aromatic rings. The Morgan fingerprint density at radius 1 is 0.986 bits per heavy atom. The van der Waals surface area contributed by atoms with Crippen molar-refractivity contribution in [3.8, 4) is 11.8 Å². The third-order valence-electron chi connectivity index (χ3n) is 14.7. The number of anilines is 1. The highest BCUT2D eigenvalue weighted by Crippen LogP contribution is 2.55. The molecule has 3 amide bonds. The first kappa shape index (κ1) is 51.7. The summed E-state index contributed by atoms with van der Waals surface area (Å²) in [5.41, 5.74) is 5.05. The molecule has 1 saturated carbocycles. The highest BCUT2D eigenvalue weighted by atomic mass is 35.5. The molecule has 3 N–H and O–H groups in total. The van der Waals surface area contributed by atoms with E-state index >= 15 is 0 Å². The van der Waals surface area contributed by atoms with E-state index in [2.05, 4.69) is 88.9 Å². The van der Waals surface area contributed by atoms with Crippen LogP contribution in [0, 0.1) is 33.5 Å². The summed E-state index contributed by atoms with van der Waals surface area (Å²) >= 11 is 6.26. The van der Waals surface area contributed by atoms with Gasteiger partial charge in [-0.1, -0.05) is 84.3 Å². The summed E-state index contributed by atoms with van der Waals surface area (Å²) in [5.74, 6) is 0.386. The quantitative estimate of drug-likeness (QED) is 0.123. The molecule has 16 heteroatoms. The van der Waals surface area contributed by atoms with E-state index < -0.39 is 17.4 Å². The van der Waals surface area contributed by atoms with Crippen LogP contribution in [-0.4, -0.2) is 122 Å². The van der Waals surface area contributed by atoms with Crippen LogP contribution in [0.3, 0.4) is 0 Å². The summed E-state index contributed by atoms with van der Waals surface area (Å²) in [6.07, 6.45) is 3.93. The van der Waals surface area contributed by atoms with Gasteiger partial charge >= 0.3 is 0 Å². The number of amides is 3. The van der Waals surface area contributed by atoms with Gasteiger partial charge < -0.3 is 29.7 Å². The predicted molar refractivity (Wildman–Crippen MR) is 265 cm³/mol. The van der Waals surface area contributed by atoms with Crippen molar-refractivity contribution in [2.24, 2.45) is 22.2 Å². The third kappa shape index (κ3) is 12.3. The number of rotatable bonds is 17. The van der Waals surface area contributed by atoms with Gasteiger partial charge in [0.2, 0.25) is 11.8 Å². The molecule has 15 nitrogen and oxygen atoms in total. The largest absolute Gasteiger partial charge is 0.489 e. The SMILES string of the molecule is C[C@@H]1C[C@@H](C(=O)NCc2ccc(C3CCOCC3)cc2)N(C(=O)[C@@H](CC(=O)COCCN2CCN(c3ccc(C(=O)NC4C(C)(C)C(Oc5ccc(C#N)c(Cl)c5)C4(C)C)cn3)CC2)C(C)(C)C)N1. The first-order chi connectivity index (χ1) is 32.8. The minimum Gasteiger partial charge on any atom is -0.489 e. The van der Waals surface area contributed by atoms with Crippen LogP contribution in [0.25, 0.3) is 0 Å². The van der Waals surface area contributed by atoms with Gasteiger partial charge in [0.15, 0.2) is 5.78 Å². The number of carbonyl (C=O) groups excluding carboxylic acids is 4. The molecule has 4 aliphatic rings. The number of benzene rings is 2. The minimum atomic E-state index is -0.690. The highest BCUT2D eigenvalue weighted by Gasteiger charge is 2.64. The number of nitrogens with one attached hydrogen (secondary N) is 3. The highest BCUT2D eigenvalue weighted by molar-refractivity contribution is 6.31. The number of ether oxygens (including phenoxy) is 3. The van der Waals surface area contributed by atoms with Crippen LogP contribution in [0.15, 0.2) is 60.8 Å². The predicted octanol–water partition coefficient (Wildman–Crippen LogP) is 6.68. The fourth-order valence-corrected chi connectivity index (χ4v) is 11.0. The molecule has 2 aromatic carbocycles. The van der Waals surface area contributed by atoms with Gasteiger partial charge in [0.05, 0.1) is 28.7 Å². The molecule has 3 saturated heterocycles. The maximum Gasteiger partial charge on any atom is 0.253 e. The average Bonchev–Trinajstić information content (AvgIpc) is 3.73. The van der Waals surface area contributed by atoms with Crippen molar-refractivity contribution in [3.63, 3.8) is 0 Å². The first-order valence-electron chi connectivity index (χ1n) is 24.5. The lowest BCUT2D eigenvalue weighted by molar-refractivity contribution is -0.164. The number of ketones is 1. The lowest BCUT2D eigenvalue weighted by Gasteiger charge is -2.63. The number of pyridine rings is 1. The van der Waals surface area contributed by atoms with Gasteiger partial charge in [-0.3, -0.25) is 29.1 Å².